The highest BCUT2D eigenvalue weighted by Crippen LogP contribution is 2.09. The maximum Gasteiger partial charge on any atom is 0.132 e. The molecule has 1 atom stereocenters. The predicted molar refractivity (Wildman–Crippen MR) is 56.7 cm³/mol. The minimum Gasteiger partial charge on any atom is -0.393 e. The molecule has 78 valence electrons. The molecular weight excluding hydrogens is 223 g/mol. The van der Waals surface area contributed by atoms with Gasteiger partial charge in [-0.1, -0.05) is 11.6 Å². The lowest BCUT2D eigenvalue weighted by Crippen LogP contribution is -2.11. The molecule has 0 unspecified atom stereocenters. The third-order valence-corrected chi connectivity index (χ3v) is 2.28. The molecule has 0 bridgehead atoms. The van der Waals surface area contributed by atoms with Crippen molar-refractivity contribution in [1.29, 1.82) is 0 Å². The Morgan fingerprint density at radius 1 is 1.43 bits per heavy atom. The molecule has 0 aliphatic heterocycles. The number of aliphatic hydroxyl groups is 1. The molecule has 14 heavy (non-hydrogen) atoms. The van der Waals surface area contributed by atoms with E-state index in [2.05, 4.69) is 9.97 Å². The zero-order valence-electron chi connectivity index (χ0n) is 7.66. The van der Waals surface area contributed by atoms with E-state index in [0.29, 0.717) is 23.9 Å². The number of nitrogens with zero attached hydrogens (tertiary/aromatic N) is 2. The molecule has 0 spiro atoms. The van der Waals surface area contributed by atoms with Gasteiger partial charge in [0.2, 0.25) is 0 Å². The van der Waals surface area contributed by atoms with E-state index in [1.807, 2.05) is 0 Å². The molecule has 3 nitrogen and oxygen atoms in total. The first-order valence-corrected chi connectivity index (χ1v) is 5.34. The first kappa shape index (κ1) is 11.7. The highest BCUT2D eigenvalue weighted by Gasteiger charge is 2.06. The summed E-state index contributed by atoms with van der Waals surface area (Å²) >= 11 is 11.2. The van der Waals surface area contributed by atoms with Crippen LogP contribution in [0.3, 0.4) is 0 Å². The summed E-state index contributed by atoms with van der Waals surface area (Å²) in [7, 11) is 0. The van der Waals surface area contributed by atoms with Gasteiger partial charge in [0, 0.05) is 18.0 Å². The van der Waals surface area contributed by atoms with Gasteiger partial charge < -0.3 is 5.11 Å². The van der Waals surface area contributed by atoms with Gasteiger partial charge in [-0.15, -0.1) is 11.6 Å². The maximum atomic E-state index is 9.56. The molecule has 1 heterocycles. The van der Waals surface area contributed by atoms with Crippen LogP contribution in [-0.4, -0.2) is 27.1 Å². The van der Waals surface area contributed by atoms with Gasteiger partial charge in [0.15, 0.2) is 0 Å². The van der Waals surface area contributed by atoms with E-state index < -0.39 is 6.10 Å². The molecule has 0 fully saturated rings. The maximum absolute atomic E-state index is 9.56. The molecule has 0 aliphatic carbocycles. The molecule has 0 aliphatic rings. The number of hydrogen-bond donors (Lipinski definition) is 1. The Kier molecular flexibility index (Phi) is 5.15. The Labute approximate surface area is 93.1 Å². The summed E-state index contributed by atoms with van der Waals surface area (Å²) in [5.41, 5.74) is 0.757. The van der Waals surface area contributed by atoms with Crippen molar-refractivity contribution in [2.75, 3.05) is 5.88 Å². The van der Waals surface area contributed by atoms with Crippen LogP contribution < -0.4 is 0 Å². The minimum absolute atomic E-state index is 0.402. The second-order valence-electron chi connectivity index (χ2n) is 3.02. The number of alkyl halides is 1. The van der Waals surface area contributed by atoms with E-state index in [1.165, 1.54) is 6.33 Å². The number of halogens is 2. The zero-order valence-corrected chi connectivity index (χ0v) is 9.17. The Morgan fingerprint density at radius 2 is 2.21 bits per heavy atom. The smallest absolute Gasteiger partial charge is 0.132 e. The lowest BCUT2D eigenvalue weighted by Gasteiger charge is -2.08. The van der Waals surface area contributed by atoms with Crippen molar-refractivity contribution in [1.82, 2.24) is 9.97 Å². The van der Waals surface area contributed by atoms with Gasteiger partial charge in [0.25, 0.3) is 0 Å². The van der Waals surface area contributed by atoms with Crippen LogP contribution in [0.2, 0.25) is 5.15 Å². The Morgan fingerprint density at radius 3 is 2.86 bits per heavy atom. The predicted octanol–water partition coefficient (Wildman–Crippen LogP) is 2.05. The third-order valence-electron chi connectivity index (χ3n) is 1.81. The molecular formula is C9H12Cl2N2O. The quantitative estimate of drug-likeness (QED) is 0.627. The Bertz CT molecular complexity index is 283. The van der Waals surface area contributed by atoms with Crippen molar-refractivity contribution in [3.05, 3.63) is 23.2 Å². The fourth-order valence-corrected chi connectivity index (χ4v) is 1.46. The number of aromatic nitrogens is 2. The van der Waals surface area contributed by atoms with Crippen molar-refractivity contribution >= 4 is 23.2 Å². The summed E-state index contributed by atoms with van der Waals surface area (Å²) in [6.45, 7) is 0. The van der Waals surface area contributed by atoms with Gasteiger partial charge in [-0.3, -0.25) is 0 Å². The number of rotatable bonds is 5. The van der Waals surface area contributed by atoms with Crippen molar-refractivity contribution in [3.8, 4) is 0 Å². The van der Waals surface area contributed by atoms with Gasteiger partial charge in [-0.2, -0.15) is 0 Å². The molecule has 1 aromatic rings. The molecule has 0 amide bonds. The van der Waals surface area contributed by atoms with E-state index >= 15 is 0 Å². The largest absolute Gasteiger partial charge is 0.393 e. The first-order chi connectivity index (χ1) is 6.72. The summed E-state index contributed by atoms with van der Waals surface area (Å²) in [5.74, 6) is 0.571. The summed E-state index contributed by atoms with van der Waals surface area (Å²) in [6, 6.07) is 1.66. The average Bonchev–Trinajstić information content (AvgIpc) is 2.15. The van der Waals surface area contributed by atoms with Crippen LogP contribution in [0.4, 0.5) is 0 Å². The molecule has 0 aromatic carbocycles. The second-order valence-corrected chi connectivity index (χ2v) is 3.79. The summed E-state index contributed by atoms with van der Waals surface area (Å²) < 4.78 is 0. The van der Waals surface area contributed by atoms with E-state index in [0.717, 1.165) is 12.1 Å². The second kappa shape index (κ2) is 6.17. The fourth-order valence-electron chi connectivity index (χ4n) is 1.14. The SMILES string of the molecule is O[C@@H](CCCCl)Cc1cc(Cl)ncn1. The van der Waals surface area contributed by atoms with Gasteiger partial charge in [0.05, 0.1) is 6.10 Å². The normalized spacial score (nSPS) is 12.8. The molecule has 1 N–H and O–H groups in total. The van der Waals surface area contributed by atoms with Gasteiger partial charge in [-0.25, -0.2) is 9.97 Å². The lowest BCUT2D eigenvalue weighted by atomic mass is 10.1. The standard InChI is InChI=1S/C9H12Cl2N2O/c10-3-1-2-8(14)4-7-5-9(11)13-6-12-7/h5-6,8,14H,1-4H2/t8-/m0/s1. The molecule has 5 heteroatoms. The van der Waals surface area contributed by atoms with Crippen LogP contribution in [0.15, 0.2) is 12.4 Å². The highest BCUT2D eigenvalue weighted by molar-refractivity contribution is 6.29. The van der Waals surface area contributed by atoms with Gasteiger partial charge >= 0.3 is 0 Å². The van der Waals surface area contributed by atoms with Gasteiger partial charge in [-0.05, 0) is 18.9 Å². The Hall–Kier alpha value is -0.380. The molecule has 1 rings (SSSR count). The summed E-state index contributed by atoms with van der Waals surface area (Å²) in [6.07, 6.45) is 2.98. The third kappa shape index (κ3) is 4.22. The van der Waals surface area contributed by atoms with E-state index in [9.17, 15) is 5.11 Å². The van der Waals surface area contributed by atoms with Crippen LogP contribution in [0.25, 0.3) is 0 Å². The van der Waals surface area contributed by atoms with Crippen molar-refractivity contribution < 1.29 is 5.11 Å². The van der Waals surface area contributed by atoms with Crippen molar-refractivity contribution in [2.24, 2.45) is 0 Å². The van der Waals surface area contributed by atoms with Crippen LogP contribution in [0.1, 0.15) is 18.5 Å². The monoisotopic (exact) mass is 234 g/mol. The van der Waals surface area contributed by atoms with Crippen LogP contribution in [0.5, 0.6) is 0 Å². The van der Waals surface area contributed by atoms with Gasteiger partial charge in [0.1, 0.15) is 11.5 Å². The Balaban J connectivity index is 2.43. The summed E-state index contributed by atoms with van der Waals surface area (Å²) in [5, 5.41) is 9.96. The van der Waals surface area contributed by atoms with Crippen LogP contribution in [0, 0.1) is 0 Å². The van der Waals surface area contributed by atoms with Crippen LogP contribution >= 0.6 is 23.2 Å². The average molecular weight is 235 g/mol. The van der Waals surface area contributed by atoms with Crippen molar-refractivity contribution in [2.45, 2.75) is 25.4 Å². The zero-order chi connectivity index (χ0) is 10.4. The van der Waals surface area contributed by atoms with Crippen molar-refractivity contribution in [3.63, 3.8) is 0 Å². The molecule has 0 radical (unpaired) electrons. The first-order valence-electron chi connectivity index (χ1n) is 4.43. The molecule has 0 saturated heterocycles. The highest BCUT2D eigenvalue weighted by atomic mass is 35.5. The fraction of sp³-hybridized carbons (Fsp3) is 0.556. The van der Waals surface area contributed by atoms with E-state index in [-0.39, 0.29) is 0 Å². The topological polar surface area (TPSA) is 46.0 Å². The van der Waals surface area contributed by atoms with E-state index in [1.54, 1.807) is 6.07 Å². The molecule has 1 aromatic heterocycles. The van der Waals surface area contributed by atoms with E-state index in [4.69, 9.17) is 23.2 Å². The number of aliphatic hydroxyl groups excluding tert-OH is 1. The molecule has 0 saturated carbocycles. The summed E-state index contributed by atoms with van der Waals surface area (Å²) in [4.78, 5) is 7.76. The number of hydrogen-bond acceptors (Lipinski definition) is 3. The minimum atomic E-state index is -0.403. The lowest BCUT2D eigenvalue weighted by molar-refractivity contribution is 0.163. The van der Waals surface area contributed by atoms with Crippen LogP contribution in [-0.2, 0) is 6.42 Å².